The molecule has 92 valence electrons. The monoisotopic (exact) mass is 298 g/mol. The lowest BCUT2D eigenvalue weighted by molar-refractivity contribution is -0.121. The fourth-order valence-electron chi connectivity index (χ4n) is 1.20. The lowest BCUT2D eigenvalue weighted by Crippen LogP contribution is -2.16. The number of rotatable bonds is 5. The van der Waals surface area contributed by atoms with Gasteiger partial charge in [-0.1, -0.05) is 29.3 Å². The van der Waals surface area contributed by atoms with Crippen molar-refractivity contribution < 1.29 is 9.90 Å². The number of unbranched alkanes of at least 4 members (excludes halogenated alkanes) is 1. The Morgan fingerprint density at radius 2 is 2.35 bits per heavy atom. The molecule has 0 spiro atoms. The normalized spacial score (nSPS) is 10.7. The van der Waals surface area contributed by atoms with Gasteiger partial charge in [0, 0.05) is 16.5 Å². The summed E-state index contributed by atoms with van der Waals surface area (Å²) in [6, 6.07) is 5.01. The van der Waals surface area contributed by atoms with E-state index in [9.17, 15) is 9.90 Å². The summed E-state index contributed by atoms with van der Waals surface area (Å²) in [4.78, 5) is 11.2. The van der Waals surface area contributed by atoms with Crippen LogP contribution in [0.4, 0.5) is 0 Å². The first kappa shape index (κ1) is 13.7. The number of halogens is 1. The number of benzene rings is 1. The highest BCUT2D eigenvalue weighted by Crippen LogP contribution is 2.19. The molecule has 2 N–H and O–H groups in total. The Kier molecular flexibility index (Phi) is 5.69. The molecule has 0 aliphatic heterocycles. The van der Waals surface area contributed by atoms with Crippen LogP contribution in [-0.4, -0.2) is 17.2 Å². The average Bonchev–Trinajstić information content (AvgIpc) is 2.31. The molecule has 0 saturated carbocycles. The largest absolute Gasteiger partial charge is 0.507 e. The quantitative estimate of drug-likeness (QED) is 0.648. The van der Waals surface area contributed by atoms with Crippen molar-refractivity contribution in [3.63, 3.8) is 0 Å². The zero-order chi connectivity index (χ0) is 12.7. The molecular formula is C12H15BrN2O2. The van der Waals surface area contributed by atoms with Gasteiger partial charge < -0.3 is 5.11 Å². The van der Waals surface area contributed by atoms with Crippen molar-refractivity contribution in [2.24, 2.45) is 5.10 Å². The number of phenolic OH excluding ortho intramolecular Hbond substituents is 1. The van der Waals surface area contributed by atoms with E-state index in [0.29, 0.717) is 12.0 Å². The molecule has 1 aromatic carbocycles. The second-order valence-corrected chi connectivity index (χ2v) is 4.52. The second kappa shape index (κ2) is 7.06. The molecule has 0 heterocycles. The Hall–Kier alpha value is -1.36. The van der Waals surface area contributed by atoms with Gasteiger partial charge in [-0.05, 0) is 24.6 Å². The van der Waals surface area contributed by atoms with Gasteiger partial charge in [-0.3, -0.25) is 4.79 Å². The third-order valence-electron chi connectivity index (χ3n) is 2.14. The van der Waals surface area contributed by atoms with E-state index in [2.05, 4.69) is 26.5 Å². The lowest BCUT2D eigenvalue weighted by atomic mass is 10.2. The fourth-order valence-corrected chi connectivity index (χ4v) is 1.57. The van der Waals surface area contributed by atoms with E-state index in [1.54, 1.807) is 18.2 Å². The Labute approximate surface area is 109 Å². The number of aromatic hydroxyl groups is 1. The standard InChI is InChI=1S/C12H15BrN2O2/c1-2-3-4-12(17)15-14-8-9-7-10(13)5-6-11(9)16/h5-8,16H,2-4H2,1H3,(H,15,17)/b14-8+. The minimum Gasteiger partial charge on any atom is -0.507 e. The van der Waals surface area contributed by atoms with Crippen molar-refractivity contribution in [3.8, 4) is 5.75 Å². The zero-order valence-corrected chi connectivity index (χ0v) is 11.2. The molecule has 0 aliphatic rings. The number of carbonyl (C=O) groups is 1. The number of phenols is 1. The molecule has 0 fully saturated rings. The van der Waals surface area contributed by atoms with Gasteiger partial charge >= 0.3 is 0 Å². The number of hydrogen-bond acceptors (Lipinski definition) is 3. The first-order valence-corrected chi connectivity index (χ1v) is 6.23. The van der Waals surface area contributed by atoms with E-state index in [4.69, 9.17) is 0 Å². The van der Waals surface area contributed by atoms with Crippen molar-refractivity contribution >= 4 is 28.1 Å². The molecule has 5 heteroatoms. The molecule has 0 unspecified atom stereocenters. The van der Waals surface area contributed by atoms with Gasteiger partial charge in [-0.15, -0.1) is 0 Å². The lowest BCUT2D eigenvalue weighted by Gasteiger charge is -2.00. The minimum atomic E-state index is -0.113. The third-order valence-corrected chi connectivity index (χ3v) is 2.63. The Bertz CT molecular complexity index is 419. The van der Waals surface area contributed by atoms with Crippen LogP contribution in [0.2, 0.25) is 0 Å². The van der Waals surface area contributed by atoms with Crippen LogP contribution in [0.15, 0.2) is 27.8 Å². The molecule has 4 nitrogen and oxygen atoms in total. The van der Waals surface area contributed by atoms with Crippen molar-refractivity contribution in [1.82, 2.24) is 5.43 Å². The smallest absolute Gasteiger partial charge is 0.240 e. The molecule has 1 amide bonds. The average molecular weight is 299 g/mol. The Balaban J connectivity index is 2.53. The number of carbonyl (C=O) groups excluding carboxylic acids is 1. The highest BCUT2D eigenvalue weighted by Gasteiger charge is 2.00. The number of hydrazone groups is 1. The molecule has 0 aliphatic carbocycles. The van der Waals surface area contributed by atoms with Crippen molar-refractivity contribution in [2.75, 3.05) is 0 Å². The second-order valence-electron chi connectivity index (χ2n) is 3.60. The highest BCUT2D eigenvalue weighted by atomic mass is 79.9. The summed E-state index contributed by atoms with van der Waals surface area (Å²) < 4.78 is 0.842. The summed E-state index contributed by atoms with van der Waals surface area (Å²) >= 11 is 3.29. The van der Waals surface area contributed by atoms with Crippen LogP contribution < -0.4 is 5.43 Å². The molecule has 1 aromatic rings. The van der Waals surface area contributed by atoms with E-state index in [-0.39, 0.29) is 11.7 Å². The first-order valence-electron chi connectivity index (χ1n) is 5.44. The molecule has 0 saturated heterocycles. The SMILES string of the molecule is CCCCC(=O)N/N=C/c1cc(Br)ccc1O. The summed E-state index contributed by atoms with van der Waals surface area (Å²) in [5.41, 5.74) is 2.97. The minimum absolute atomic E-state index is 0.113. The fraction of sp³-hybridized carbons (Fsp3) is 0.333. The summed E-state index contributed by atoms with van der Waals surface area (Å²) in [6.45, 7) is 2.02. The van der Waals surface area contributed by atoms with Crippen LogP contribution in [0.25, 0.3) is 0 Å². The van der Waals surface area contributed by atoms with Gasteiger partial charge in [-0.2, -0.15) is 5.10 Å². The maximum Gasteiger partial charge on any atom is 0.240 e. The van der Waals surface area contributed by atoms with Gasteiger partial charge in [0.2, 0.25) is 5.91 Å². The van der Waals surface area contributed by atoms with E-state index >= 15 is 0 Å². The number of nitrogens with zero attached hydrogens (tertiary/aromatic N) is 1. The van der Waals surface area contributed by atoms with E-state index in [1.165, 1.54) is 6.21 Å². The van der Waals surface area contributed by atoms with Crippen molar-refractivity contribution in [1.29, 1.82) is 0 Å². The molecule has 0 radical (unpaired) electrons. The molecule has 17 heavy (non-hydrogen) atoms. The Morgan fingerprint density at radius 3 is 3.06 bits per heavy atom. The van der Waals surface area contributed by atoms with Gasteiger partial charge in [0.05, 0.1) is 6.21 Å². The maximum absolute atomic E-state index is 11.2. The molecule has 0 atom stereocenters. The highest BCUT2D eigenvalue weighted by molar-refractivity contribution is 9.10. The number of amides is 1. The van der Waals surface area contributed by atoms with Crippen LogP contribution >= 0.6 is 15.9 Å². The third kappa shape index (κ3) is 4.99. The number of nitrogens with one attached hydrogen (secondary N) is 1. The Morgan fingerprint density at radius 1 is 1.59 bits per heavy atom. The maximum atomic E-state index is 11.2. The van der Waals surface area contributed by atoms with Crippen LogP contribution in [0, 0.1) is 0 Å². The van der Waals surface area contributed by atoms with E-state index < -0.39 is 0 Å². The number of hydrogen-bond donors (Lipinski definition) is 2. The topological polar surface area (TPSA) is 61.7 Å². The molecule has 1 rings (SSSR count). The molecular weight excluding hydrogens is 284 g/mol. The summed E-state index contributed by atoms with van der Waals surface area (Å²) in [6.07, 6.45) is 3.72. The summed E-state index contributed by atoms with van der Waals surface area (Å²) in [5, 5.41) is 13.3. The van der Waals surface area contributed by atoms with E-state index in [0.717, 1.165) is 17.3 Å². The van der Waals surface area contributed by atoms with Crippen LogP contribution in [0.3, 0.4) is 0 Å². The van der Waals surface area contributed by atoms with Crippen LogP contribution in [0.5, 0.6) is 5.75 Å². The molecule has 0 bridgehead atoms. The molecule has 0 aromatic heterocycles. The van der Waals surface area contributed by atoms with Gasteiger partial charge in [0.25, 0.3) is 0 Å². The predicted molar refractivity (Wildman–Crippen MR) is 71.1 cm³/mol. The van der Waals surface area contributed by atoms with Crippen molar-refractivity contribution in [3.05, 3.63) is 28.2 Å². The van der Waals surface area contributed by atoms with Crippen LogP contribution in [0.1, 0.15) is 31.7 Å². The van der Waals surface area contributed by atoms with Gasteiger partial charge in [0.1, 0.15) is 5.75 Å². The summed E-state index contributed by atoms with van der Waals surface area (Å²) in [5.74, 6) is 0.0114. The first-order chi connectivity index (χ1) is 8.13. The van der Waals surface area contributed by atoms with Gasteiger partial charge in [-0.25, -0.2) is 5.43 Å². The van der Waals surface area contributed by atoms with Gasteiger partial charge in [0.15, 0.2) is 0 Å². The predicted octanol–water partition coefficient (Wildman–Crippen LogP) is 2.80. The van der Waals surface area contributed by atoms with Crippen LogP contribution in [-0.2, 0) is 4.79 Å². The summed E-state index contributed by atoms with van der Waals surface area (Å²) in [7, 11) is 0. The zero-order valence-electron chi connectivity index (χ0n) is 9.61. The van der Waals surface area contributed by atoms with Crippen molar-refractivity contribution in [2.45, 2.75) is 26.2 Å². The van der Waals surface area contributed by atoms with E-state index in [1.807, 2.05) is 6.92 Å².